The summed E-state index contributed by atoms with van der Waals surface area (Å²) in [7, 11) is 0. The van der Waals surface area contributed by atoms with E-state index >= 15 is 0 Å². The molecule has 14 heavy (non-hydrogen) atoms. The Morgan fingerprint density at radius 1 is 1.29 bits per heavy atom. The topological polar surface area (TPSA) is 141 Å². The van der Waals surface area contributed by atoms with E-state index in [1.165, 1.54) is 0 Å². The van der Waals surface area contributed by atoms with Crippen LogP contribution < -0.4 is 29.6 Å². The molecule has 0 aliphatic heterocycles. The van der Waals surface area contributed by atoms with Crippen molar-refractivity contribution in [1.82, 2.24) is 0 Å². The van der Waals surface area contributed by atoms with Gasteiger partial charge in [0.15, 0.2) is 6.10 Å². The molecule has 0 aromatic carbocycles. The third-order valence-corrected chi connectivity index (χ3v) is 1.34. The predicted molar refractivity (Wildman–Crippen MR) is 38.0 cm³/mol. The summed E-state index contributed by atoms with van der Waals surface area (Å²) in [6.07, 6.45) is -4.67. The first kappa shape index (κ1) is 16.4. The summed E-state index contributed by atoms with van der Waals surface area (Å²) in [5, 5.41) is 25.0. The number of hydrogen-bond acceptors (Lipinski definition) is 5. The molecule has 0 rings (SSSR count). The summed E-state index contributed by atoms with van der Waals surface area (Å²) in [5.41, 5.74) is 0. The van der Waals surface area contributed by atoms with Crippen LogP contribution in [0, 0.1) is 0 Å². The minimum atomic E-state index is -2.96. The molecule has 0 radical (unpaired) electrons. The number of carboxylic acids is 2. The normalized spacial score (nSPS) is 16.1. The molecule has 0 aliphatic carbocycles. The number of rotatable bonds is 5. The molecule has 0 spiro atoms. The van der Waals surface area contributed by atoms with Gasteiger partial charge < -0.3 is 16.7 Å². The average molecular weight is 238 g/mol. The van der Waals surface area contributed by atoms with E-state index in [0.717, 1.165) is 0 Å². The number of carbonyl (C=O) groups is 2. The molecule has 0 aliphatic rings. The first-order chi connectivity index (χ1) is 5.86. The van der Waals surface area contributed by atoms with Gasteiger partial charge in [-0.2, -0.15) is 4.21 Å². The molecule has 0 bridgehead atoms. The molecule has 0 amide bonds. The molecule has 3 unspecified atom stereocenters. The second-order valence-corrected chi connectivity index (χ2v) is 2.48. The smallest absolute Gasteiger partial charge is 1.00 e. The SMILES string of the molecule is O=C(O)C(O)C(OS(=O)O)C(=O)O.[H-].[Na+]. The molecular formula is C4H7NaO8S. The van der Waals surface area contributed by atoms with Gasteiger partial charge in [0.2, 0.25) is 6.10 Å². The summed E-state index contributed by atoms with van der Waals surface area (Å²) >= 11 is -2.96. The van der Waals surface area contributed by atoms with E-state index < -0.39 is 35.5 Å². The molecule has 0 fully saturated rings. The van der Waals surface area contributed by atoms with Gasteiger partial charge in [0.1, 0.15) is 0 Å². The average Bonchev–Trinajstić information content (AvgIpc) is 1.97. The van der Waals surface area contributed by atoms with Crippen molar-refractivity contribution in [3.05, 3.63) is 0 Å². The van der Waals surface area contributed by atoms with Crippen LogP contribution in [0.2, 0.25) is 0 Å². The Hall–Kier alpha value is -0.0300. The zero-order valence-electron chi connectivity index (χ0n) is 7.98. The predicted octanol–water partition coefficient (Wildman–Crippen LogP) is -4.85. The van der Waals surface area contributed by atoms with Gasteiger partial charge in [-0.15, -0.1) is 0 Å². The van der Waals surface area contributed by atoms with E-state index in [4.69, 9.17) is 19.9 Å². The molecule has 0 aromatic heterocycles. The van der Waals surface area contributed by atoms with Gasteiger partial charge in [-0.05, 0) is 0 Å². The third-order valence-electron chi connectivity index (χ3n) is 0.969. The maximum atomic E-state index is 10.2. The van der Waals surface area contributed by atoms with E-state index in [-0.39, 0.29) is 31.0 Å². The van der Waals surface area contributed by atoms with Crippen molar-refractivity contribution in [1.29, 1.82) is 0 Å². The third kappa shape index (κ3) is 5.65. The Labute approximate surface area is 104 Å². The van der Waals surface area contributed by atoms with Crippen molar-refractivity contribution in [3.8, 4) is 0 Å². The maximum Gasteiger partial charge on any atom is 1.00 e. The van der Waals surface area contributed by atoms with Gasteiger partial charge in [-0.1, -0.05) is 0 Å². The molecule has 8 nitrogen and oxygen atoms in total. The standard InChI is InChI=1S/C4H6O8S.Na.H/c5-1(3(6)7)2(4(8)9)12-13(10)11;;/h1-2,5H,(H,6,7)(H,8,9)(H,10,11);;/q;+1;-1. The summed E-state index contributed by atoms with van der Waals surface area (Å²) in [5.74, 6) is -3.71. The maximum absolute atomic E-state index is 10.2. The van der Waals surface area contributed by atoms with E-state index in [1.807, 2.05) is 0 Å². The molecule has 4 N–H and O–H groups in total. The van der Waals surface area contributed by atoms with Crippen LogP contribution in [-0.2, 0) is 25.1 Å². The zero-order chi connectivity index (χ0) is 10.6. The summed E-state index contributed by atoms with van der Waals surface area (Å²) in [4.78, 5) is 20.2. The Balaban J connectivity index is -0.000000720. The molecule has 0 heterocycles. The minimum absolute atomic E-state index is 0. The summed E-state index contributed by atoms with van der Waals surface area (Å²) in [6, 6.07) is 0. The molecular weight excluding hydrogens is 231 g/mol. The van der Waals surface area contributed by atoms with Gasteiger partial charge >= 0.3 is 52.9 Å². The number of aliphatic carboxylic acids is 2. The Kier molecular flexibility index (Phi) is 8.54. The first-order valence-electron chi connectivity index (χ1n) is 2.78. The number of hydrogen-bond donors (Lipinski definition) is 4. The number of aliphatic hydroxyl groups is 1. The van der Waals surface area contributed by atoms with Crippen LogP contribution >= 0.6 is 0 Å². The van der Waals surface area contributed by atoms with E-state index in [9.17, 15) is 13.8 Å². The second kappa shape index (κ2) is 7.29. The molecule has 0 aromatic rings. The van der Waals surface area contributed by atoms with Crippen molar-refractivity contribution < 1.29 is 68.8 Å². The van der Waals surface area contributed by atoms with Gasteiger partial charge in [0.05, 0.1) is 0 Å². The van der Waals surface area contributed by atoms with Gasteiger partial charge in [-0.3, -0.25) is 4.55 Å². The molecule has 0 saturated heterocycles. The summed E-state index contributed by atoms with van der Waals surface area (Å²) in [6.45, 7) is 0. The van der Waals surface area contributed by atoms with Crippen LogP contribution in [0.3, 0.4) is 0 Å². The molecule has 10 heteroatoms. The Morgan fingerprint density at radius 2 is 1.71 bits per heavy atom. The fraction of sp³-hybridized carbons (Fsp3) is 0.500. The summed E-state index contributed by atoms with van der Waals surface area (Å²) < 4.78 is 21.8. The Bertz CT molecular complexity index is 247. The fourth-order valence-electron chi connectivity index (χ4n) is 0.447. The Morgan fingerprint density at radius 3 is 1.93 bits per heavy atom. The second-order valence-electron chi connectivity index (χ2n) is 1.86. The number of carboxylic acid groups (broad SMARTS) is 2. The van der Waals surface area contributed by atoms with Crippen molar-refractivity contribution >= 4 is 23.3 Å². The van der Waals surface area contributed by atoms with Crippen LogP contribution in [-0.4, -0.2) is 48.2 Å². The quantitative estimate of drug-likeness (QED) is 0.276. The van der Waals surface area contributed by atoms with Crippen LogP contribution in [0.25, 0.3) is 0 Å². The van der Waals surface area contributed by atoms with Crippen molar-refractivity contribution in [3.63, 3.8) is 0 Å². The van der Waals surface area contributed by atoms with Gasteiger partial charge in [0.25, 0.3) is 0 Å². The molecule has 78 valence electrons. The monoisotopic (exact) mass is 238 g/mol. The van der Waals surface area contributed by atoms with E-state index in [2.05, 4.69) is 4.18 Å². The van der Waals surface area contributed by atoms with Gasteiger partial charge in [0, 0.05) is 0 Å². The minimum Gasteiger partial charge on any atom is -1.00 e. The zero-order valence-corrected chi connectivity index (χ0v) is 9.80. The fourth-order valence-corrected chi connectivity index (χ4v) is 0.812. The van der Waals surface area contributed by atoms with Crippen molar-refractivity contribution in [2.24, 2.45) is 0 Å². The van der Waals surface area contributed by atoms with E-state index in [1.54, 1.807) is 0 Å². The largest absolute Gasteiger partial charge is 1.00 e. The van der Waals surface area contributed by atoms with Crippen molar-refractivity contribution in [2.45, 2.75) is 12.2 Å². The number of aliphatic hydroxyl groups excluding tert-OH is 1. The molecule has 0 saturated carbocycles. The first-order valence-corrected chi connectivity index (χ1v) is 3.81. The van der Waals surface area contributed by atoms with Crippen LogP contribution in [0.1, 0.15) is 1.43 Å². The molecule has 3 atom stereocenters. The van der Waals surface area contributed by atoms with E-state index in [0.29, 0.717) is 0 Å². The van der Waals surface area contributed by atoms with Crippen molar-refractivity contribution in [2.75, 3.05) is 0 Å². The van der Waals surface area contributed by atoms with Crippen LogP contribution in [0.15, 0.2) is 0 Å². The van der Waals surface area contributed by atoms with Crippen LogP contribution in [0.5, 0.6) is 0 Å². The van der Waals surface area contributed by atoms with Gasteiger partial charge in [-0.25, -0.2) is 13.8 Å². The van der Waals surface area contributed by atoms with Crippen LogP contribution in [0.4, 0.5) is 0 Å².